The smallest absolute Gasteiger partial charge is 0.306 e. The molecule has 0 saturated heterocycles. The second kappa shape index (κ2) is 7.76. The maximum Gasteiger partial charge on any atom is 0.306 e. The number of fused-ring (bicyclic) bond motifs is 1. The van der Waals surface area contributed by atoms with Gasteiger partial charge in [-0.25, -0.2) is 4.98 Å². The number of pyridine rings is 1. The van der Waals surface area contributed by atoms with Gasteiger partial charge >= 0.3 is 5.97 Å². The SMILES string of the molecule is Cc1ccc(C(=O)CCC(=O)OCc2cc3ccccc3nc2Cl)s1. The Morgan fingerprint density at radius 1 is 1.16 bits per heavy atom. The summed E-state index contributed by atoms with van der Waals surface area (Å²) in [5, 5.41) is 1.25. The zero-order valence-electron chi connectivity index (χ0n) is 13.6. The Balaban J connectivity index is 1.55. The number of hydrogen-bond acceptors (Lipinski definition) is 5. The van der Waals surface area contributed by atoms with E-state index < -0.39 is 5.97 Å². The summed E-state index contributed by atoms with van der Waals surface area (Å²) in [5.41, 5.74) is 1.44. The molecule has 0 unspecified atom stereocenters. The Morgan fingerprint density at radius 2 is 1.96 bits per heavy atom. The molecule has 3 rings (SSSR count). The Morgan fingerprint density at radius 3 is 2.72 bits per heavy atom. The van der Waals surface area contributed by atoms with Crippen molar-refractivity contribution in [1.82, 2.24) is 4.98 Å². The molecule has 6 heteroatoms. The van der Waals surface area contributed by atoms with E-state index in [-0.39, 0.29) is 25.2 Å². The molecular formula is C19H16ClNO3S. The van der Waals surface area contributed by atoms with E-state index in [1.54, 1.807) is 6.07 Å². The van der Waals surface area contributed by atoms with E-state index in [1.165, 1.54) is 11.3 Å². The van der Waals surface area contributed by atoms with Crippen LogP contribution in [0.3, 0.4) is 0 Å². The predicted octanol–water partition coefficient (Wildman–Crippen LogP) is 4.96. The number of aromatic nitrogens is 1. The highest BCUT2D eigenvalue weighted by Gasteiger charge is 2.13. The van der Waals surface area contributed by atoms with E-state index in [0.717, 1.165) is 15.8 Å². The molecule has 0 fully saturated rings. The summed E-state index contributed by atoms with van der Waals surface area (Å²) >= 11 is 7.57. The maximum atomic E-state index is 12.0. The van der Waals surface area contributed by atoms with Gasteiger partial charge in [-0.2, -0.15) is 0 Å². The van der Waals surface area contributed by atoms with Crippen molar-refractivity contribution < 1.29 is 14.3 Å². The van der Waals surface area contributed by atoms with Crippen LogP contribution in [0.5, 0.6) is 0 Å². The minimum absolute atomic E-state index is 0.0412. The van der Waals surface area contributed by atoms with Gasteiger partial charge in [0, 0.05) is 22.2 Å². The van der Waals surface area contributed by atoms with Crippen molar-refractivity contribution in [2.45, 2.75) is 26.4 Å². The summed E-state index contributed by atoms with van der Waals surface area (Å²) in [6.45, 7) is 1.98. The zero-order valence-corrected chi connectivity index (χ0v) is 15.2. The van der Waals surface area contributed by atoms with Crippen LogP contribution in [0.15, 0.2) is 42.5 Å². The number of hydrogen-bond donors (Lipinski definition) is 0. The van der Waals surface area contributed by atoms with Gasteiger partial charge in [-0.05, 0) is 31.2 Å². The summed E-state index contributed by atoms with van der Waals surface area (Å²) in [7, 11) is 0. The van der Waals surface area contributed by atoms with E-state index in [2.05, 4.69) is 4.98 Å². The van der Waals surface area contributed by atoms with Crippen molar-refractivity contribution in [3.05, 3.63) is 62.9 Å². The lowest BCUT2D eigenvalue weighted by Crippen LogP contribution is -2.08. The minimum Gasteiger partial charge on any atom is -0.461 e. The summed E-state index contributed by atoms with van der Waals surface area (Å²) in [6, 6.07) is 13.1. The van der Waals surface area contributed by atoms with Gasteiger partial charge in [-0.15, -0.1) is 11.3 Å². The summed E-state index contributed by atoms with van der Waals surface area (Å²) in [4.78, 5) is 29.9. The standard InChI is InChI=1S/C19H16ClNO3S/c1-12-6-8-17(25-12)16(22)7-9-18(23)24-11-14-10-13-4-2-3-5-15(13)21-19(14)20/h2-6,8,10H,7,9,11H2,1H3. The zero-order chi connectivity index (χ0) is 17.8. The van der Waals surface area contributed by atoms with E-state index in [9.17, 15) is 9.59 Å². The number of carbonyl (C=O) groups is 2. The minimum atomic E-state index is -0.425. The molecule has 0 saturated carbocycles. The maximum absolute atomic E-state index is 12.0. The average molecular weight is 374 g/mol. The molecule has 2 aromatic heterocycles. The van der Waals surface area contributed by atoms with Gasteiger partial charge in [0.1, 0.15) is 11.8 Å². The topological polar surface area (TPSA) is 56.3 Å². The number of esters is 1. The fourth-order valence-electron chi connectivity index (χ4n) is 2.39. The van der Waals surface area contributed by atoms with Crippen LogP contribution < -0.4 is 0 Å². The van der Waals surface area contributed by atoms with Crippen LogP contribution in [0.2, 0.25) is 5.15 Å². The average Bonchev–Trinajstić information content (AvgIpc) is 3.04. The van der Waals surface area contributed by atoms with Crippen molar-refractivity contribution in [3.63, 3.8) is 0 Å². The highest BCUT2D eigenvalue weighted by Crippen LogP contribution is 2.21. The number of Topliss-reactive ketones (excluding diaryl/α,β-unsaturated/α-hetero) is 1. The predicted molar refractivity (Wildman–Crippen MR) is 99.2 cm³/mol. The number of carbonyl (C=O) groups excluding carboxylic acids is 2. The first-order chi connectivity index (χ1) is 12.0. The summed E-state index contributed by atoms with van der Waals surface area (Å²) in [5.74, 6) is -0.466. The van der Waals surface area contributed by atoms with E-state index >= 15 is 0 Å². The Kier molecular flexibility index (Phi) is 5.46. The number of ether oxygens (including phenoxy) is 1. The second-order valence-corrected chi connectivity index (χ2v) is 7.27. The largest absolute Gasteiger partial charge is 0.461 e. The first-order valence-electron chi connectivity index (χ1n) is 7.82. The molecule has 0 bridgehead atoms. The van der Waals surface area contributed by atoms with Crippen molar-refractivity contribution in [1.29, 1.82) is 0 Å². The fourth-order valence-corrected chi connectivity index (χ4v) is 3.43. The third kappa shape index (κ3) is 4.44. The van der Waals surface area contributed by atoms with Crippen molar-refractivity contribution >= 4 is 45.6 Å². The molecule has 0 aliphatic heterocycles. The third-order valence-corrected chi connectivity index (χ3v) is 5.08. The van der Waals surface area contributed by atoms with Gasteiger partial charge in [0.2, 0.25) is 0 Å². The molecule has 0 amide bonds. The van der Waals surface area contributed by atoms with Gasteiger partial charge in [0.05, 0.1) is 16.8 Å². The molecule has 3 aromatic rings. The number of rotatable bonds is 6. The first kappa shape index (κ1) is 17.6. The third-order valence-electron chi connectivity index (χ3n) is 3.71. The van der Waals surface area contributed by atoms with Gasteiger partial charge in [0.15, 0.2) is 5.78 Å². The van der Waals surface area contributed by atoms with Crippen molar-refractivity contribution in [3.8, 4) is 0 Å². The van der Waals surface area contributed by atoms with Gasteiger partial charge in [-0.3, -0.25) is 9.59 Å². The van der Waals surface area contributed by atoms with Crippen molar-refractivity contribution in [2.75, 3.05) is 0 Å². The fraction of sp³-hybridized carbons (Fsp3) is 0.211. The van der Waals surface area contributed by atoms with Crippen LogP contribution >= 0.6 is 22.9 Å². The van der Waals surface area contributed by atoms with Crippen LogP contribution in [0.1, 0.15) is 33.0 Å². The van der Waals surface area contributed by atoms with E-state index in [4.69, 9.17) is 16.3 Å². The molecule has 128 valence electrons. The van der Waals surface area contributed by atoms with Crippen LogP contribution in [0.25, 0.3) is 10.9 Å². The molecule has 0 atom stereocenters. The molecule has 0 aliphatic rings. The normalized spacial score (nSPS) is 10.8. The number of para-hydroxylation sites is 1. The Bertz CT molecular complexity index is 935. The first-order valence-corrected chi connectivity index (χ1v) is 9.02. The van der Waals surface area contributed by atoms with Crippen LogP contribution in [-0.2, 0) is 16.1 Å². The Labute approximate surface area is 154 Å². The molecule has 0 aliphatic carbocycles. The number of halogens is 1. The van der Waals surface area contributed by atoms with E-state index in [1.807, 2.05) is 43.3 Å². The summed E-state index contributed by atoms with van der Waals surface area (Å²) < 4.78 is 5.24. The lowest BCUT2D eigenvalue weighted by Gasteiger charge is -2.07. The lowest BCUT2D eigenvalue weighted by atomic mass is 10.1. The highest BCUT2D eigenvalue weighted by molar-refractivity contribution is 7.14. The van der Waals surface area contributed by atoms with Gasteiger partial charge in [0.25, 0.3) is 0 Å². The number of ketones is 1. The molecule has 4 nitrogen and oxygen atoms in total. The molecule has 0 radical (unpaired) electrons. The second-order valence-electron chi connectivity index (χ2n) is 5.63. The van der Waals surface area contributed by atoms with Crippen LogP contribution in [-0.4, -0.2) is 16.7 Å². The lowest BCUT2D eigenvalue weighted by molar-refractivity contribution is -0.144. The number of aryl methyl sites for hydroxylation is 1. The van der Waals surface area contributed by atoms with Gasteiger partial charge in [-0.1, -0.05) is 29.8 Å². The van der Waals surface area contributed by atoms with Crippen LogP contribution in [0.4, 0.5) is 0 Å². The molecular weight excluding hydrogens is 358 g/mol. The highest BCUT2D eigenvalue weighted by atomic mass is 35.5. The molecule has 25 heavy (non-hydrogen) atoms. The molecule has 0 spiro atoms. The molecule has 1 aromatic carbocycles. The van der Waals surface area contributed by atoms with E-state index in [0.29, 0.717) is 15.6 Å². The molecule has 0 N–H and O–H groups in total. The summed E-state index contributed by atoms with van der Waals surface area (Å²) in [6.07, 6.45) is 0.191. The monoisotopic (exact) mass is 373 g/mol. The number of thiophene rings is 1. The Hall–Kier alpha value is -2.24. The quantitative estimate of drug-likeness (QED) is 0.348. The van der Waals surface area contributed by atoms with Crippen LogP contribution in [0, 0.1) is 6.92 Å². The number of benzene rings is 1. The number of nitrogens with zero attached hydrogens (tertiary/aromatic N) is 1. The molecule has 2 heterocycles. The van der Waals surface area contributed by atoms with Gasteiger partial charge < -0.3 is 4.74 Å². The van der Waals surface area contributed by atoms with Crippen molar-refractivity contribution in [2.24, 2.45) is 0 Å².